The van der Waals surface area contributed by atoms with Crippen molar-refractivity contribution in [1.29, 1.82) is 0 Å². The van der Waals surface area contributed by atoms with Crippen molar-refractivity contribution in [1.82, 2.24) is 25.0 Å². The quantitative estimate of drug-likeness (QED) is 0.594. The summed E-state index contributed by atoms with van der Waals surface area (Å²) in [5.74, 6) is 0. The first-order valence-corrected chi connectivity index (χ1v) is 7.85. The molecule has 6 nitrogen and oxygen atoms in total. The minimum absolute atomic E-state index is 0.869. The number of hydrogen-bond donors (Lipinski definition) is 2. The Hall–Kier alpha value is -2.73. The highest BCUT2D eigenvalue weighted by atomic mass is 16.3. The van der Waals surface area contributed by atoms with Crippen LogP contribution in [0.4, 0.5) is 0 Å². The van der Waals surface area contributed by atoms with Crippen LogP contribution >= 0.6 is 0 Å². The smallest absolute Gasteiger partial charge is 0.0958 e. The second kappa shape index (κ2) is 4.88. The number of benzene rings is 1. The Labute approximate surface area is 139 Å². The Morgan fingerprint density at radius 2 is 1.96 bits per heavy atom. The largest absolute Gasteiger partial charge is 0.386 e. The molecule has 24 heavy (non-hydrogen) atoms. The van der Waals surface area contributed by atoms with E-state index in [4.69, 9.17) is 0 Å². The van der Waals surface area contributed by atoms with Crippen LogP contribution in [0.15, 0.2) is 30.5 Å². The van der Waals surface area contributed by atoms with Crippen molar-refractivity contribution in [3.05, 3.63) is 41.7 Å². The van der Waals surface area contributed by atoms with Gasteiger partial charge in [-0.15, -0.1) is 5.10 Å². The van der Waals surface area contributed by atoms with Crippen molar-refractivity contribution < 1.29 is 5.11 Å². The number of rotatable bonds is 2. The fourth-order valence-corrected chi connectivity index (χ4v) is 3.14. The van der Waals surface area contributed by atoms with Gasteiger partial charge in [-0.25, -0.2) is 4.68 Å². The number of aromatic nitrogens is 5. The summed E-state index contributed by atoms with van der Waals surface area (Å²) in [6.07, 6.45) is 1.85. The third-order valence-corrected chi connectivity index (χ3v) is 4.41. The van der Waals surface area contributed by atoms with Gasteiger partial charge in [-0.1, -0.05) is 17.3 Å². The van der Waals surface area contributed by atoms with Crippen LogP contribution in [0.3, 0.4) is 0 Å². The average Bonchev–Trinajstić information content (AvgIpc) is 3.04. The summed E-state index contributed by atoms with van der Waals surface area (Å²) < 4.78 is 1.76. The van der Waals surface area contributed by atoms with E-state index in [-0.39, 0.29) is 0 Å². The molecule has 4 aromatic rings. The normalized spacial score (nSPS) is 12.4. The molecule has 0 spiro atoms. The van der Waals surface area contributed by atoms with E-state index in [0.717, 1.165) is 44.5 Å². The molecule has 3 aromatic heterocycles. The Morgan fingerprint density at radius 3 is 2.62 bits per heavy atom. The molecule has 0 aliphatic heterocycles. The molecule has 0 unspecified atom stereocenters. The Morgan fingerprint density at radius 1 is 1.17 bits per heavy atom. The van der Waals surface area contributed by atoms with Gasteiger partial charge in [0.1, 0.15) is 0 Å². The van der Waals surface area contributed by atoms with E-state index < -0.39 is 5.60 Å². The summed E-state index contributed by atoms with van der Waals surface area (Å²) >= 11 is 0. The molecule has 1 aromatic carbocycles. The molecule has 2 N–H and O–H groups in total. The SMILES string of the molecule is C[13c]1nnn(C)[13c]1-c1cnc2c(c1)[nH]c1cc(C(C)(C)O)ccc12. The molecule has 0 fully saturated rings. The number of hydrogen-bond acceptors (Lipinski definition) is 4. The highest BCUT2D eigenvalue weighted by Crippen LogP contribution is 2.31. The summed E-state index contributed by atoms with van der Waals surface area (Å²) in [6.45, 7) is 5.50. The lowest BCUT2D eigenvalue weighted by atomic mass is 9.97. The van der Waals surface area contributed by atoms with Crippen LogP contribution in [0.5, 0.6) is 0 Å². The molecule has 0 bridgehead atoms. The van der Waals surface area contributed by atoms with E-state index in [1.807, 2.05) is 38.4 Å². The Kier molecular flexibility index (Phi) is 3.02. The third-order valence-electron chi connectivity index (χ3n) is 4.41. The summed E-state index contributed by atoms with van der Waals surface area (Å²) in [5.41, 5.74) is 5.64. The predicted molar refractivity (Wildman–Crippen MR) is 93.6 cm³/mol. The highest BCUT2D eigenvalue weighted by molar-refractivity contribution is 6.05. The topological polar surface area (TPSA) is 79.6 Å². The van der Waals surface area contributed by atoms with Crippen molar-refractivity contribution in [3.8, 4) is 11.3 Å². The maximum atomic E-state index is 10.2. The number of aliphatic hydroxyl groups is 1. The van der Waals surface area contributed by atoms with Crippen molar-refractivity contribution >= 4 is 21.9 Å². The van der Waals surface area contributed by atoms with E-state index in [1.54, 1.807) is 18.5 Å². The van der Waals surface area contributed by atoms with Gasteiger partial charge in [-0.05, 0) is 38.5 Å². The lowest BCUT2D eigenvalue weighted by Gasteiger charge is -2.17. The monoisotopic (exact) mass is 323 g/mol. The molecule has 6 heteroatoms. The van der Waals surface area contributed by atoms with Crippen molar-refractivity contribution in [2.75, 3.05) is 0 Å². The van der Waals surface area contributed by atoms with Gasteiger partial charge in [-0.2, -0.15) is 0 Å². The lowest BCUT2D eigenvalue weighted by molar-refractivity contribution is 0.0787. The third kappa shape index (κ3) is 2.18. The number of nitrogens with one attached hydrogen (secondary N) is 1. The number of nitrogens with zero attached hydrogens (tertiary/aromatic N) is 4. The summed E-state index contributed by atoms with van der Waals surface area (Å²) in [7, 11) is 1.88. The molecule has 122 valence electrons. The fourth-order valence-electron chi connectivity index (χ4n) is 3.14. The van der Waals surface area contributed by atoms with Gasteiger partial charge in [0.05, 0.1) is 28.0 Å². The predicted octanol–water partition coefficient (Wildman–Crippen LogP) is 3.05. The molecular weight excluding hydrogens is 304 g/mol. The molecular formula is C18H19N5O. The van der Waals surface area contributed by atoms with Crippen molar-refractivity contribution in [2.45, 2.75) is 26.4 Å². The van der Waals surface area contributed by atoms with Crippen LogP contribution in [0.2, 0.25) is 0 Å². The average molecular weight is 323 g/mol. The zero-order valence-corrected chi connectivity index (χ0v) is 14.1. The van der Waals surface area contributed by atoms with Crippen LogP contribution in [0.25, 0.3) is 33.2 Å². The molecule has 0 saturated carbocycles. The van der Waals surface area contributed by atoms with E-state index in [2.05, 4.69) is 26.3 Å². The van der Waals surface area contributed by atoms with Crippen molar-refractivity contribution in [3.63, 3.8) is 0 Å². The van der Waals surface area contributed by atoms with Gasteiger partial charge in [0.15, 0.2) is 0 Å². The zero-order chi connectivity index (χ0) is 17.1. The van der Waals surface area contributed by atoms with Gasteiger partial charge in [0, 0.05) is 29.7 Å². The molecule has 3 heterocycles. The van der Waals surface area contributed by atoms with Crippen molar-refractivity contribution in [2.24, 2.45) is 7.05 Å². The van der Waals surface area contributed by atoms with Crippen LogP contribution in [-0.4, -0.2) is 30.1 Å². The summed E-state index contributed by atoms with van der Waals surface area (Å²) in [5, 5.41) is 19.4. The van der Waals surface area contributed by atoms with Crippen LogP contribution in [0, 0.1) is 6.92 Å². The van der Waals surface area contributed by atoms with E-state index in [9.17, 15) is 5.11 Å². The van der Waals surface area contributed by atoms with Gasteiger partial charge in [0.25, 0.3) is 0 Å². The first-order valence-electron chi connectivity index (χ1n) is 7.85. The van der Waals surface area contributed by atoms with Crippen LogP contribution < -0.4 is 0 Å². The number of aryl methyl sites for hydroxylation is 2. The van der Waals surface area contributed by atoms with Crippen LogP contribution in [-0.2, 0) is 12.6 Å². The molecule has 0 amide bonds. The zero-order valence-electron chi connectivity index (χ0n) is 14.1. The Balaban J connectivity index is 1.93. The second-order valence-corrected chi connectivity index (χ2v) is 6.71. The first kappa shape index (κ1) is 14.8. The van der Waals surface area contributed by atoms with Crippen LogP contribution in [0.1, 0.15) is 25.1 Å². The maximum absolute atomic E-state index is 10.2. The molecule has 0 aliphatic carbocycles. The number of H-pyrrole nitrogens is 1. The van der Waals surface area contributed by atoms with E-state index >= 15 is 0 Å². The summed E-state index contributed by atoms with van der Waals surface area (Å²) in [4.78, 5) is 8.04. The van der Waals surface area contributed by atoms with Gasteiger partial charge in [0.2, 0.25) is 0 Å². The van der Waals surface area contributed by atoms with E-state index in [1.165, 1.54) is 0 Å². The molecule has 4 rings (SSSR count). The minimum Gasteiger partial charge on any atom is -0.386 e. The molecule has 0 aliphatic rings. The fraction of sp³-hybridized carbons (Fsp3) is 0.278. The molecule has 0 atom stereocenters. The molecule has 0 radical (unpaired) electrons. The number of fused-ring (bicyclic) bond motifs is 3. The van der Waals surface area contributed by atoms with Gasteiger partial charge in [-0.3, -0.25) is 4.98 Å². The van der Waals surface area contributed by atoms with Gasteiger partial charge >= 0.3 is 0 Å². The van der Waals surface area contributed by atoms with E-state index in [0.29, 0.717) is 0 Å². The Bertz CT molecular complexity index is 1050. The molecule has 0 saturated heterocycles. The first-order chi connectivity index (χ1) is 11.3. The number of aromatic amines is 1. The summed E-state index contributed by atoms with van der Waals surface area (Å²) in [6, 6.07) is 8.00. The second-order valence-electron chi connectivity index (χ2n) is 6.71. The van der Waals surface area contributed by atoms with Gasteiger partial charge < -0.3 is 10.1 Å². The maximum Gasteiger partial charge on any atom is 0.0958 e. The standard InChI is InChI=1S/C18H19N5O/c1-10-17(23(4)22-21-10)11-7-15-16(19-9-11)13-6-5-12(18(2,3)24)8-14(13)20-15/h5-9,20,24H,1-4H3/i10+1,17+1. The lowest BCUT2D eigenvalue weighted by Crippen LogP contribution is -2.14. The number of pyridine rings is 1. The minimum atomic E-state index is -0.873. The highest BCUT2D eigenvalue weighted by Gasteiger charge is 2.18.